The SMILES string of the molecule is CCC(C)Oc1ncc(N)cc1Br. The monoisotopic (exact) mass is 244 g/mol. The summed E-state index contributed by atoms with van der Waals surface area (Å²) in [5.41, 5.74) is 6.17. The van der Waals surface area contributed by atoms with Crippen LogP contribution in [0.15, 0.2) is 16.7 Å². The minimum Gasteiger partial charge on any atom is -0.474 e. The first kappa shape index (κ1) is 10.3. The molecule has 2 N–H and O–H groups in total. The lowest BCUT2D eigenvalue weighted by Crippen LogP contribution is -2.11. The maximum absolute atomic E-state index is 5.54. The quantitative estimate of drug-likeness (QED) is 0.890. The number of aromatic nitrogens is 1. The summed E-state index contributed by atoms with van der Waals surface area (Å²) in [4.78, 5) is 4.07. The van der Waals surface area contributed by atoms with Gasteiger partial charge in [0.25, 0.3) is 0 Å². The molecular weight excluding hydrogens is 232 g/mol. The highest BCUT2D eigenvalue weighted by Crippen LogP contribution is 2.24. The summed E-state index contributed by atoms with van der Waals surface area (Å²) in [6.07, 6.45) is 2.72. The van der Waals surface area contributed by atoms with Crippen molar-refractivity contribution in [2.45, 2.75) is 26.4 Å². The standard InChI is InChI=1S/C9H13BrN2O/c1-3-6(2)13-9-8(10)4-7(11)5-12-9/h4-6H,3,11H2,1-2H3. The van der Waals surface area contributed by atoms with E-state index in [1.165, 1.54) is 0 Å². The van der Waals surface area contributed by atoms with E-state index in [2.05, 4.69) is 27.8 Å². The highest BCUT2D eigenvalue weighted by molar-refractivity contribution is 9.10. The van der Waals surface area contributed by atoms with Crippen LogP contribution in [0.1, 0.15) is 20.3 Å². The average molecular weight is 245 g/mol. The number of nitrogens with two attached hydrogens (primary N) is 1. The predicted molar refractivity (Wildman–Crippen MR) is 56.7 cm³/mol. The molecule has 1 heterocycles. The molecule has 0 spiro atoms. The molecule has 0 saturated carbocycles. The maximum atomic E-state index is 5.54. The zero-order valence-corrected chi connectivity index (χ0v) is 9.34. The van der Waals surface area contributed by atoms with E-state index in [1.54, 1.807) is 12.3 Å². The molecule has 0 aliphatic carbocycles. The second kappa shape index (κ2) is 4.46. The van der Waals surface area contributed by atoms with E-state index >= 15 is 0 Å². The molecule has 0 bridgehead atoms. The molecule has 0 fully saturated rings. The Morgan fingerprint density at radius 1 is 1.69 bits per heavy atom. The molecule has 0 aromatic carbocycles. The first-order valence-electron chi connectivity index (χ1n) is 4.21. The number of pyridine rings is 1. The molecule has 13 heavy (non-hydrogen) atoms. The molecule has 0 radical (unpaired) electrons. The van der Waals surface area contributed by atoms with Crippen LogP contribution in [0, 0.1) is 0 Å². The number of halogens is 1. The van der Waals surface area contributed by atoms with Crippen molar-refractivity contribution < 1.29 is 4.74 Å². The molecule has 3 nitrogen and oxygen atoms in total. The summed E-state index contributed by atoms with van der Waals surface area (Å²) in [5, 5.41) is 0. The van der Waals surface area contributed by atoms with E-state index in [1.807, 2.05) is 6.92 Å². The number of nitrogens with zero attached hydrogens (tertiary/aromatic N) is 1. The summed E-state index contributed by atoms with van der Waals surface area (Å²) in [6.45, 7) is 4.07. The lowest BCUT2D eigenvalue weighted by atomic mass is 10.3. The van der Waals surface area contributed by atoms with Crippen LogP contribution in [0.4, 0.5) is 5.69 Å². The fourth-order valence-corrected chi connectivity index (χ4v) is 1.26. The van der Waals surface area contributed by atoms with Gasteiger partial charge in [0.15, 0.2) is 0 Å². The van der Waals surface area contributed by atoms with Crippen molar-refractivity contribution >= 4 is 21.6 Å². The van der Waals surface area contributed by atoms with Gasteiger partial charge in [0.05, 0.1) is 22.5 Å². The van der Waals surface area contributed by atoms with Crippen LogP contribution in [-0.2, 0) is 0 Å². The lowest BCUT2D eigenvalue weighted by Gasteiger charge is -2.12. The summed E-state index contributed by atoms with van der Waals surface area (Å²) in [6, 6.07) is 1.78. The third-order valence-corrected chi connectivity index (χ3v) is 2.28. The van der Waals surface area contributed by atoms with Crippen molar-refractivity contribution in [1.82, 2.24) is 4.98 Å². The van der Waals surface area contributed by atoms with Gasteiger partial charge in [0.1, 0.15) is 0 Å². The Labute approximate surface area is 86.4 Å². The van der Waals surface area contributed by atoms with Crippen LogP contribution in [0.5, 0.6) is 5.88 Å². The molecule has 1 rings (SSSR count). The molecule has 0 saturated heterocycles. The number of nitrogen functional groups attached to an aromatic ring is 1. The minimum atomic E-state index is 0.174. The zero-order valence-electron chi connectivity index (χ0n) is 7.75. The molecule has 1 aromatic heterocycles. The summed E-state index contributed by atoms with van der Waals surface area (Å²) in [7, 11) is 0. The molecule has 1 unspecified atom stereocenters. The van der Waals surface area contributed by atoms with Gasteiger partial charge in [-0.15, -0.1) is 0 Å². The van der Waals surface area contributed by atoms with E-state index in [9.17, 15) is 0 Å². The molecule has 1 aromatic rings. The van der Waals surface area contributed by atoms with Crippen LogP contribution < -0.4 is 10.5 Å². The normalized spacial score (nSPS) is 12.5. The Hall–Kier alpha value is -0.770. The number of hydrogen-bond donors (Lipinski definition) is 1. The molecule has 0 aliphatic rings. The average Bonchev–Trinajstić information content (AvgIpc) is 2.09. The Bertz CT molecular complexity index is 291. The Kier molecular flexibility index (Phi) is 3.54. The largest absolute Gasteiger partial charge is 0.474 e. The van der Waals surface area contributed by atoms with Crippen LogP contribution >= 0.6 is 15.9 Å². The van der Waals surface area contributed by atoms with Crippen molar-refractivity contribution in [2.24, 2.45) is 0 Å². The Morgan fingerprint density at radius 2 is 2.38 bits per heavy atom. The fourth-order valence-electron chi connectivity index (χ4n) is 0.801. The molecule has 1 atom stereocenters. The van der Waals surface area contributed by atoms with E-state index in [0.29, 0.717) is 11.6 Å². The number of anilines is 1. The predicted octanol–water partition coefficient (Wildman–Crippen LogP) is 2.60. The van der Waals surface area contributed by atoms with Crippen molar-refractivity contribution in [3.63, 3.8) is 0 Å². The smallest absolute Gasteiger partial charge is 0.228 e. The third-order valence-electron chi connectivity index (χ3n) is 1.72. The van der Waals surface area contributed by atoms with Crippen LogP contribution in [0.3, 0.4) is 0 Å². The molecule has 72 valence electrons. The second-order valence-electron chi connectivity index (χ2n) is 2.89. The van der Waals surface area contributed by atoms with E-state index in [0.717, 1.165) is 10.9 Å². The molecular formula is C9H13BrN2O. The van der Waals surface area contributed by atoms with Gasteiger partial charge in [-0.2, -0.15) is 0 Å². The van der Waals surface area contributed by atoms with E-state index in [4.69, 9.17) is 10.5 Å². The summed E-state index contributed by atoms with van der Waals surface area (Å²) < 4.78 is 6.33. The number of rotatable bonds is 3. The highest BCUT2D eigenvalue weighted by Gasteiger charge is 2.06. The van der Waals surface area contributed by atoms with Crippen molar-refractivity contribution in [3.8, 4) is 5.88 Å². The number of hydrogen-bond acceptors (Lipinski definition) is 3. The van der Waals surface area contributed by atoms with Crippen molar-refractivity contribution in [2.75, 3.05) is 5.73 Å². The van der Waals surface area contributed by atoms with E-state index in [-0.39, 0.29) is 6.10 Å². The van der Waals surface area contributed by atoms with Crippen molar-refractivity contribution in [3.05, 3.63) is 16.7 Å². The third kappa shape index (κ3) is 2.88. The van der Waals surface area contributed by atoms with Crippen LogP contribution in [0.25, 0.3) is 0 Å². The first-order chi connectivity index (χ1) is 6.13. The molecule has 0 aliphatic heterocycles. The van der Waals surface area contributed by atoms with E-state index < -0.39 is 0 Å². The molecule has 0 amide bonds. The van der Waals surface area contributed by atoms with Gasteiger partial charge in [0, 0.05) is 0 Å². The van der Waals surface area contributed by atoms with Gasteiger partial charge in [-0.05, 0) is 35.3 Å². The van der Waals surface area contributed by atoms with Gasteiger partial charge < -0.3 is 10.5 Å². The van der Waals surface area contributed by atoms with Gasteiger partial charge in [0.2, 0.25) is 5.88 Å². The minimum absolute atomic E-state index is 0.174. The van der Waals surface area contributed by atoms with Gasteiger partial charge >= 0.3 is 0 Å². The van der Waals surface area contributed by atoms with Crippen LogP contribution in [0.2, 0.25) is 0 Å². The molecule has 4 heteroatoms. The lowest BCUT2D eigenvalue weighted by molar-refractivity contribution is 0.207. The van der Waals surface area contributed by atoms with Gasteiger partial charge in [-0.3, -0.25) is 0 Å². The Morgan fingerprint density at radius 3 is 2.92 bits per heavy atom. The van der Waals surface area contributed by atoms with Crippen LogP contribution in [-0.4, -0.2) is 11.1 Å². The zero-order chi connectivity index (χ0) is 9.84. The maximum Gasteiger partial charge on any atom is 0.228 e. The Balaban J connectivity index is 2.77. The van der Waals surface area contributed by atoms with Gasteiger partial charge in [-0.1, -0.05) is 6.92 Å². The van der Waals surface area contributed by atoms with Gasteiger partial charge in [-0.25, -0.2) is 4.98 Å². The number of ether oxygens (including phenoxy) is 1. The topological polar surface area (TPSA) is 48.1 Å². The highest BCUT2D eigenvalue weighted by atomic mass is 79.9. The second-order valence-corrected chi connectivity index (χ2v) is 3.75. The van der Waals surface area contributed by atoms with Crippen molar-refractivity contribution in [1.29, 1.82) is 0 Å². The summed E-state index contributed by atoms with van der Waals surface area (Å²) >= 11 is 3.34. The first-order valence-corrected chi connectivity index (χ1v) is 5.00. The summed E-state index contributed by atoms with van der Waals surface area (Å²) in [5.74, 6) is 0.601. The fraction of sp³-hybridized carbons (Fsp3) is 0.444.